The van der Waals surface area contributed by atoms with Gasteiger partial charge in [-0.25, -0.2) is 12.8 Å². The smallest absolute Gasteiger partial charge is 0.264 e. The molecule has 0 bridgehead atoms. The lowest BCUT2D eigenvalue weighted by Gasteiger charge is -2.24. The standard InChI is InChI=1S/C22H21FN2O4S/c1-16-6-5-7-17(14-16)24-22(26)15-25(21-9-4-3-8-20(21)23)30(27,28)19-12-10-18(29-2)11-13-19/h3-14H,15H2,1-2H3,(H,24,26). The summed E-state index contributed by atoms with van der Waals surface area (Å²) in [5.74, 6) is -0.873. The molecule has 0 aromatic heterocycles. The van der Waals surface area contributed by atoms with Crippen LogP contribution in [0.3, 0.4) is 0 Å². The molecule has 0 atom stereocenters. The molecular weight excluding hydrogens is 407 g/mol. The number of carbonyl (C=O) groups is 1. The third-order valence-electron chi connectivity index (χ3n) is 4.36. The molecule has 3 rings (SSSR count). The van der Waals surface area contributed by atoms with E-state index in [4.69, 9.17) is 4.74 Å². The van der Waals surface area contributed by atoms with Crippen molar-refractivity contribution in [2.24, 2.45) is 0 Å². The molecule has 0 fully saturated rings. The summed E-state index contributed by atoms with van der Waals surface area (Å²) in [5.41, 5.74) is 1.24. The summed E-state index contributed by atoms with van der Waals surface area (Å²) in [5, 5.41) is 2.66. The molecule has 0 aliphatic rings. The lowest BCUT2D eigenvalue weighted by Crippen LogP contribution is -2.38. The normalized spacial score (nSPS) is 11.0. The topological polar surface area (TPSA) is 75.7 Å². The first-order valence-corrected chi connectivity index (χ1v) is 10.5. The number of ether oxygens (including phenoxy) is 1. The number of benzene rings is 3. The zero-order valence-electron chi connectivity index (χ0n) is 16.5. The van der Waals surface area contributed by atoms with Crippen LogP contribution in [0.1, 0.15) is 5.56 Å². The number of para-hydroxylation sites is 1. The zero-order chi connectivity index (χ0) is 21.7. The van der Waals surface area contributed by atoms with Crippen LogP contribution in [0.15, 0.2) is 77.7 Å². The van der Waals surface area contributed by atoms with E-state index < -0.39 is 28.3 Å². The number of halogens is 1. The molecule has 156 valence electrons. The highest BCUT2D eigenvalue weighted by Crippen LogP contribution is 2.27. The highest BCUT2D eigenvalue weighted by atomic mass is 32.2. The number of nitrogens with zero attached hydrogens (tertiary/aromatic N) is 1. The van der Waals surface area contributed by atoms with E-state index in [1.165, 1.54) is 49.6 Å². The van der Waals surface area contributed by atoms with Gasteiger partial charge >= 0.3 is 0 Å². The number of hydrogen-bond acceptors (Lipinski definition) is 4. The number of rotatable bonds is 7. The minimum absolute atomic E-state index is 0.0880. The van der Waals surface area contributed by atoms with E-state index in [1.807, 2.05) is 13.0 Å². The Labute approximate surface area is 175 Å². The molecule has 0 aliphatic heterocycles. The van der Waals surface area contributed by atoms with Crippen molar-refractivity contribution < 1.29 is 22.3 Å². The van der Waals surface area contributed by atoms with Crippen LogP contribution in [-0.2, 0) is 14.8 Å². The lowest BCUT2D eigenvalue weighted by atomic mass is 10.2. The van der Waals surface area contributed by atoms with Crippen LogP contribution in [0.4, 0.5) is 15.8 Å². The number of amides is 1. The van der Waals surface area contributed by atoms with Gasteiger partial charge in [-0.3, -0.25) is 9.10 Å². The Morgan fingerprint density at radius 3 is 2.37 bits per heavy atom. The van der Waals surface area contributed by atoms with Gasteiger partial charge < -0.3 is 10.1 Å². The largest absolute Gasteiger partial charge is 0.497 e. The van der Waals surface area contributed by atoms with Gasteiger partial charge in [0.25, 0.3) is 10.0 Å². The summed E-state index contributed by atoms with van der Waals surface area (Å²) in [6.45, 7) is 1.28. The van der Waals surface area contributed by atoms with Gasteiger partial charge in [-0.15, -0.1) is 0 Å². The highest BCUT2D eigenvalue weighted by Gasteiger charge is 2.29. The molecule has 3 aromatic rings. The van der Waals surface area contributed by atoms with Crippen molar-refractivity contribution in [2.75, 3.05) is 23.3 Å². The molecular formula is C22H21FN2O4S. The Balaban J connectivity index is 1.96. The Kier molecular flexibility index (Phi) is 6.37. The van der Waals surface area contributed by atoms with E-state index in [0.29, 0.717) is 11.4 Å². The predicted octanol–water partition coefficient (Wildman–Crippen LogP) is 3.98. The Morgan fingerprint density at radius 1 is 1.03 bits per heavy atom. The second-order valence-corrected chi connectivity index (χ2v) is 8.42. The monoisotopic (exact) mass is 428 g/mol. The van der Waals surface area contributed by atoms with Gasteiger partial charge in [0.2, 0.25) is 5.91 Å². The number of methoxy groups -OCH3 is 1. The van der Waals surface area contributed by atoms with Gasteiger partial charge in [0.05, 0.1) is 17.7 Å². The van der Waals surface area contributed by atoms with Crippen molar-refractivity contribution in [1.29, 1.82) is 0 Å². The zero-order valence-corrected chi connectivity index (χ0v) is 17.3. The molecule has 0 saturated carbocycles. The fourth-order valence-electron chi connectivity index (χ4n) is 2.88. The van der Waals surface area contributed by atoms with E-state index in [2.05, 4.69) is 5.32 Å². The maximum absolute atomic E-state index is 14.5. The molecule has 0 aliphatic carbocycles. The van der Waals surface area contributed by atoms with E-state index >= 15 is 0 Å². The molecule has 6 nitrogen and oxygen atoms in total. The number of anilines is 2. The Bertz CT molecular complexity index is 1150. The second kappa shape index (κ2) is 8.96. The van der Waals surface area contributed by atoms with Crippen LogP contribution in [0.5, 0.6) is 5.75 Å². The maximum atomic E-state index is 14.5. The number of sulfonamides is 1. The van der Waals surface area contributed by atoms with Gasteiger partial charge in [0, 0.05) is 5.69 Å². The lowest BCUT2D eigenvalue weighted by molar-refractivity contribution is -0.114. The second-order valence-electron chi connectivity index (χ2n) is 6.56. The molecule has 0 saturated heterocycles. The summed E-state index contributed by atoms with van der Waals surface area (Å²) in [4.78, 5) is 12.5. The number of nitrogens with one attached hydrogen (secondary N) is 1. The first kappa shape index (κ1) is 21.3. The quantitative estimate of drug-likeness (QED) is 0.618. The molecule has 1 N–H and O–H groups in total. The van der Waals surface area contributed by atoms with Crippen molar-refractivity contribution in [3.8, 4) is 5.75 Å². The van der Waals surface area contributed by atoms with Crippen LogP contribution in [0.25, 0.3) is 0 Å². The number of aryl methyl sites for hydroxylation is 1. The maximum Gasteiger partial charge on any atom is 0.264 e. The molecule has 0 radical (unpaired) electrons. The van der Waals surface area contributed by atoms with Crippen LogP contribution >= 0.6 is 0 Å². The van der Waals surface area contributed by atoms with Crippen LogP contribution in [-0.4, -0.2) is 28.0 Å². The summed E-state index contributed by atoms with van der Waals surface area (Å²) in [7, 11) is -2.76. The van der Waals surface area contributed by atoms with Crippen molar-refractivity contribution in [3.05, 3.63) is 84.2 Å². The number of carbonyl (C=O) groups excluding carboxylic acids is 1. The van der Waals surface area contributed by atoms with Gasteiger partial charge in [-0.1, -0.05) is 24.3 Å². The predicted molar refractivity (Wildman–Crippen MR) is 114 cm³/mol. The van der Waals surface area contributed by atoms with E-state index in [1.54, 1.807) is 18.2 Å². The minimum Gasteiger partial charge on any atom is -0.497 e. The average molecular weight is 428 g/mol. The van der Waals surface area contributed by atoms with Gasteiger partial charge in [0.1, 0.15) is 18.1 Å². The first-order chi connectivity index (χ1) is 14.3. The summed E-state index contributed by atoms with van der Waals surface area (Å²) < 4.78 is 46.8. The van der Waals surface area contributed by atoms with E-state index in [-0.39, 0.29) is 10.6 Å². The van der Waals surface area contributed by atoms with E-state index in [9.17, 15) is 17.6 Å². The fraction of sp³-hybridized carbons (Fsp3) is 0.136. The van der Waals surface area contributed by atoms with Crippen LogP contribution < -0.4 is 14.4 Å². The van der Waals surface area contributed by atoms with Crippen LogP contribution in [0, 0.1) is 12.7 Å². The fourth-order valence-corrected chi connectivity index (χ4v) is 4.31. The minimum atomic E-state index is -4.22. The summed E-state index contributed by atoms with van der Waals surface area (Å²) in [6.07, 6.45) is 0. The Hall–Kier alpha value is -3.39. The molecule has 1 amide bonds. The van der Waals surface area contributed by atoms with Crippen molar-refractivity contribution >= 4 is 27.3 Å². The molecule has 8 heteroatoms. The van der Waals surface area contributed by atoms with Crippen molar-refractivity contribution in [3.63, 3.8) is 0 Å². The van der Waals surface area contributed by atoms with Crippen molar-refractivity contribution in [1.82, 2.24) is 0 Å². The van der Waals surface area contributed by atoms with Crippen molar-refractivity contribution in [2.45, 2.75) is 11.8 Å². The molecule has 0 spiro atoms. The van der Waals surface area contributed by atoms with Gasteiger partial charge in [-0.05, 0) is 61.0 Å². The first-order valence-electron chi connectivity index (χ1n) is 9.09. The molecule has 0 unspecified atom stereocenters. The summed E-state index contributed by atoms with van der Waals surface area (Å²) in [6, 6.07) is 18.2. The Morgan fingerprint density at radius 2 is 1.73 bits per heavy atom. The average Bonchev–Trinajstić information content (AvgIpc) is 2.72. The third kappa shape index (κ3) is 4.77. The van der Waals surface area contributed by atoms with Gasteiger partial charge in [-0.2, -0.15) is 0 Å². The highest BCUT2D eigenvalue weighted by molar-refractivity contribution is 7.92. The molecule has 3 aromatic carbocycles. The summed E-state index contributed by atoms with van der Waals surface area (Å²) >= 11 is 0. The van der Waals surface area contributed by atoms with Crippen LogP contribution in [0.2, 0.25) is 0 Å². The van der Waals surface area contributed by atoms with E-state index in [0.717, 1.165) is 15.9 Å². The third-order valence-corrected chi connectivity index (χ3v) is 6.13. The molecule has 0 heterocycles. The number of hydrogen-bond donors (Lipinski definition) is 1. The SMILES string of the molecule is COc1ccc(S(=O)(=O)N(CC(=O)Nc2cccc(C)c2)c2ccccc2F)cc1. The molecule has 30 heavy (non-hydrogen) atoms. The van der Waals surface area contributed by atoms with Gasteiger partial charge in [0.15, 0.2) is 0 Å².